The van der Waals surface area contributed by atoms with Gasteiger partial charge in [0.25, 0.3) is 0 Å². The van der Waals surface area contributed by atoms with Crippen LogP contribution in [-0.4, -0.2) is 33.9 Å². The summed E-state index contributed by atoms with van der Waals surface area (Å²) in [5, 5.41) is 3.86. The number of aromatic nitrogens is 2. The molecule has 0 aromatic carbocycles. The molecule has 0 radical (unpaired) electrons. The molecule has 2 aromatic rings. The van der Waals surface area contributed by atoms with Crippen LogP contribution in [0.1, 0.15) is 48.9 Å². The molecule has 0 spiro atoms. The van der Waals surface area contributed by atoms with Crippen molar-refractivity contribution in [2.24, 2.45) is 11.8 Å². The molecule has 27 heavy (non-hydrogen) atoms. The maximum atomic E-state index is 12.5. The molecule has 1 atom stereocenters. The molecule has 2 aliphatic rings. The predicted octanol–water partition coefficient (Wildman–Crippen LogP) is 3.90. The number of likely N-dealkylation sites (tertiary alicyclic amines) is 1. The van der Waals surface area contributed by atoms with Crippen LogP contribution < -0.4 is 5.32 Å². The van der Waals surface area contributed by atoms with Crippen LogP contribution in [0.4, 0.5) is 5.13 Å². The number of carbonyl (C=O) groups excluding carboxylic acids is 1. The summed E-state index contributed by atoms with van der Waals surface area (Å²) in [7, 11) is 0. The Hall–Kier alpha value is -1.79. The number of nitrogens with zero attached hydrogens (tertiary/aromatic N) is 3. The van der Waals surface area contributed by atoms with Gasteiger partial charge in [-0.1, -0.05) is 13.0 Å². The summed E-state index contributed by atoms with van der Waals surface area (Å²) >= 11 is 1.67. The monoisotopic (exact) mass is 384 g/mol. The molecular formula is C21H28N4OS. The van der Waals surface area contributed by atoms with Crippen molar-refractivity contribution >= 4 is 22.4 Å². The van der Waals surface area contributed by atoms with E-state index in [1.54, 1.807) is 11.3 Å². The van der Waals surface area contributed by atoms with E-state index >= 15 is 0 Å². The first-order chi connectivity index (χ1) is 13.2. The molecular weight excluding hydrogens is 356 g/mol. The highest BCUT2D eigenvalue weighted by Gasteiger charge is 2.24. The fraction of sp³-hybridized carbons (Fsp3) is 0.571. The summed E-state index contributed by atoms with van der Waals surface area (Å²) in [6.07, 6.45) is 7.98. The number of pyridine rings is 1. The van der Waals surface area contributed by atoms with Crippen molar-refractivity contribution in [2.45, 2.75) is 52.0 Å². The van der Waals surface area contributed by atoms with Gasteiger partial charge < -0.3 is 5.32 Å². The van der Waals surface area contributed by atoms with Crippen molar-refractivity contribution in [2.75, 3.05) is 18.4 Å². The molecule has 6 heteroatoms. The van der Waals surface area contributed by atoms with Crippen LogP contribution in [0, 0.1) is 11.8 Å². The second kappa shape index (κ2) is 8.48. The zero-order valence-corrected chi connectivity index (χ0v) is 16.8. The van der Waals surface area contributed by atoms with Crippen LogP contribution in [0.5, 0.6) is 0 Å². The van der Waals surface area contributed by atoms with Crippen molar-refractivity contribution in [1.82, 2.24) is 14.9 Å². The standard InChI is InChI=1S/C21H28N4OS/c1-15-5-6-18-19(12-15)27-21(23-18)24-20(26)13-16-7-10-25(11-8-16)14-17-4-2-3-9-22-17/h2-4,9,15-16H,5-8,10-14H2,1H3,(H,23,24,26). The van der Waals surface area contributed by atoms with Crippen molar-refractivity contribution in [3.63, 3.8) is 0 Å². The fourth-order valence-electron chi connectivity index (χ4n) is 4.10. The van der Waals surface area contributed by atoms with Crippen molar-refractivity contribution in [3.05, 3.63) is 40.7 Å². The SMILES string of the molecule is CC1CCc2nc(NC(=O)CC3CCN(Cc4ccccn4)CC3)sc2C1. The Morgan fingerprint density at radius 3 is 2.93 bits per heavy atom. The molecule has 5 nitrogen and oxygen atoms in total. The van der Waals surface area contributed by atoms with Gasteiger partial charge in [0.05, 0.1) is 11.4 Å². The number of amides is 1. The lowest BCUT2D eigenvalue weighted by Gasteiger charge is -2.31. The number of hydrogen-bond donors (Lipinski definition) is 1. The average Bonchev–Trinajstić information content (AvgIpc) is 3.05. The number of thiazole rings is 1. The van der Waals surface area contributed by atoms with E-state index in [9.17, 15) is 4.79 Å². The Morgan fingerprint density at radius 2 is 2.15 bits per heavy atom. The summed E-state index contributed by atoms with van der Waals surface area (Å²) in [6, 6.07) is 6.07. The van der Waals surface area contributed by atoms with E-state index in [1.165, 1.54) is 17.0 Å². The summed E-state index contributed by atoms with van der Waals surface area (Å²) in [5.41, 5.74) is 2.33. The fourth-order valence-corrected chi connectivity index (χ4v) is 5.28. The van der Waals surface area contributed by atoms with Crippen molar-refractivity contribution in [1.29, 1.82) is 0 Å². The van der Waals surface area contributed by atoms with Gasteiger partial charge in [0.15, 0.2) is 5.13 Å². The number of rotatable bonds is 5. The molecule has 1 saturated heterocycles. The highest BCUT2D eigenvalue weighted by molar-refractivity contribution is 7.15. The molecule has 0 bridgehead atoms. The van der Waals surface area contributed by atoms with Gasteiger partial charge in [-0.05, 0) is 69.2 Å². The number of anilines is 1. The van der Waals surface area contributed by atoms with Gasteiger partial charge in [0.1, 0.15) is 0 Å². The van der Waals surface area contributed by atoms with Crippen LogP contribution in [0.15, 0.2) is 24.4 Å². The van der Waals surface area contributed by atoms with Gasteiger partial charge in [-0.3, -0.25) is 14.7 Å². The minimum absolute atomic E-state index is 0.123. The number of fused-ring (bicyclic) bond motifs is 1. The van der Waals surface area contributed by atoms with Crippen molar-refractivity contribution < 1.29 is 4.79 Å². The zero-order chi connectivity index (χ0) is 18.6. The van der Waals surface area contributed by atoms with Crippen LogP contribution >= 0.6 is 11.3 Å². The largest absolute Gasteiger partial charge is 0.302 e. The van der Waals surface area contributed by atoms with E-state index in [4.69, 9.17) is 0 Å². The second-order valence-corrected chi connectivity index (χ2v) is 9.11. The number of nitrogens with one attached hydrogen (secondary N) is 1. The Morgan fingerprint density at radius 1 is 1.30 bits per heavy atom. The second-order valence-electron chi connectivity index (χ2n) is 8.03. The third kappa shape index (κ3) is 4.93. The minimum Gasteiger partial charge on any atom is -0.302 e. The van der Waals surface area contributed by atoms with Crippen LogP contribution in [0.3, 0.4) is 0 Å². The lowest BCUT2D eigenvalue weighted by Crippen LogP contribution is -2.34. The summed E-state index contributed by atoms with van der Waals surface area (Å²) < 4.78 is 0. The quantitative estimate of drug-likeness (QED) is 0.849. The van der Waals surface area contributed by atoms with E-state index in [1.807, 2.05) is 18.3 Å². The van der Waals surface area contributed by atoms with Gasteiger partial charge in [-0.2, -0.15) is 0 Å². The van der Waals surface area contributed by atoms with Gasteiger partial charge >= 0.3 is 0 Å². The molecule has 1 amide bonds. The van der Waals surface area contributed by atoms with E-state index in [2.05, 4.69) is 33.2 Å². The number of aryl methyl sites for hydroxylation is 1. The molecule has 1 N–H and O–H groups in total. The molecule has 3 heterocycles. The number of hydrogen-bond acceptors (Lipinski definition) is 5. The summed E-state index contributed by atoms with van der Waals surface area (Å²) in [4.78, 5) is 25.3. The third-order valence-electron chi connectivity index (χ3n) is 5.73. The Balaban J connectivity index is 1.23. The van der Waals surface area contributed by atoms with E-state index < -0.39 is 0 Å². The lowest BCUT2D eigenvalue weighted by molar-refractivity contribution is -0.117. The maximum absolute atomic E-state index is 12.5. The third-order valence-corrected chi connectivity index (χ3v) is 6.76. The molecule has 2 aromatic heterocycles. The van der Waals surface area contributed by atoms with Gasteiger partial charge in [0, 0.05) is 24.0 Å². The van der Waals surface area contributed by atoms with E-state index in [-0.39, 0.29) is 5.91 Å². The molecule has 1 aliphatic carbocycles. The minimum atomic E-state index is 0.123. The van der Waals surface area contributed by atoms with Gasteiger partial charge in [-0.15, -0.1) is 11.3 Å². The first-order valence-corrected chi connectivity index (χ1v) is 10.9. The molecule has 1 fully saturated rings. The molecule has 0 saturated carbocycles. The van der Waals surface area contributed by atoms with Crippen LogP contribution in [-0.2, 0) is 24.2 Å². The Kier molecular flexibility index (Phi) is 5.83. The van der Waals surface area contributed by atoms with Gasteiger partial charge in [0.2, 0.25) is 5.91 Å². The van der Waals surface area contributed by atoms with E-state index in [0.29, 0.717) is 12.3 Å². The maximum Gasteiger partial charge on any atom is 0.226 e. The smallest absolute Gasteiger partial charge is 0.226 e. The summed E-state index contributed by atoms with van der Waals surface area (Å²) in [6.45, 7) is 5.28. The van der Waals surface area contributed by atoms with Crippen molar-refractivity contribution in [3.8, 4) is 0 Å². The number of carbonyl (C=O) groups is 1. The number of piperidine rings is 1. The van der Waals surface area contributed by atoms with Gasteiger partial charge in [-0.25, -0.2) is 4.98 Å². The average molecular weight is 385 g/mol. The normalized spacial score (nSPS) is 21.0. The Labute approximate surface area is 165 Å². The molecule has 1 aliphatic heterocycles. The predicted molar refractivity (Wildman–Crippen MR) is 109 cm³/mol. The first-order valence-electron chi connectivity index (χ1n) is 10.1. The molecule has 1 unspecified atom stereocenters. The van der Waals surface area contributed by atoms with Crippen LogP contribution in [0.2, 0.25) is 0 Å². The topological polar surface area (TPSA) is 58.1 Å². The first kappa shape index (κ1) is 18.6. The molecule has 4 rings (SSSR count). The van der Waals surface area contributed by atoms with E-state index in [0.717, 1.165) is 62.1 Å². The Bertz CT molecular complexity index is 768. The summed E-state index contributed by atoms with van der Waals surface area (Å²) in [5.74, 6) is 1.33. The lowest BCUT2D eigenvalue weighted by atomic mass is 9.93. The molecule has 144 valence electrons. The highest BCUT2D eigenvalue weighted by Crippen LogP contribution is 2.32. The zero-order valence-electron chi connectivity index (χ0n) is 16.0. The highest BCUT2D eigenvalue weighted by atomic mass is 32.1. The van der Waals surface area contributed by atoms with Crippen LogP contribution in [0.25, 0.3) is 0 Å².